The van der Waals surface area contributed by atoms with Crippen molar-refractivity contribution in [1.82, 2.24) is 4.98 Å². The maximum Gasteiger partial charge on any atom is 0.178 e. The molecular formula is C18H20N2O. The number of carbonyl (C=O) groups excluding carboxylic acids is 1. The number of hydrogen-bond donors (Lipinski definition) is 0. The summed E-state index contributed by atoms with van der Waals surface area (Å²) >= 11 is 0. The van der Waals surface area contributed by atoms with Crippen molar-refractivity contribution in [3.63, 3.8) is 0 Å². The van der Waals surface area contributed by atoms with Gasteiger partial charge in [0, 0.05) is 31.2 Å². The van der Waals surface area contributed by atoms with E-state index in [4.69, 9.17) is 0 Å². The average molecular weight is 280 g/mol. The minimum absolute atomic E-state index is 0.0137. The largest absolute Gasteiger partial charge is 0.351 e. The molecule has 108 valence electrons. The summed E-state index contributed by atoms with van der Waals surface area (Å²) in [4.78, 5) is 17.9. The molecule has 3 nitrogen and oxygen atoms in total. The summed E-state index contributed by atoms with van der Waals surface area (Å²) in [5, 5.41) is 1.04. The zero-order valence-electron chi connectivity index (χ0n) is 12.7. The molecule has 1 aromatic heterocycles. The second kappa shape index (κ2) is 6.84. The third-order valence-corrected chi connectivity index (χ3v) is 3.24. The number of anilines is 1. The molecule has 0 atom stereocenters. The molecule has 0 N–H and O–H groups in total. The fourth-order valence-electron chi connectivity index (χ4n) is 2.12. The van der Waals surface area contributed by atoms with Crippen molar-refractivity contribution >= 4 is 22.4 Å². The first kappa shape index (κ1) is 15.0. The minimum atomic E-state index is -0.0137. The molecule has 0 amide bonds. The van der Waals surface area contributed by atoms with E-state index in [0.29, 0.717) is 5.69 Å². The number of Topliss-reactive ketones (excluding diaryl/α,β-unsaturated/α-hetero) is 1. The lowest BCUT2D eigenvalue weighted by Crippen LogP contribution is -2.08. The zero-order valence-corrected chi connectivity index (χ0v) is 12.7. The number of pyridine rings is 1. The van der Waals surface area contributed by atoms with E-state index in [1.807, 2.05) is 49.7 Å². The highest BCUT2D eigenvalue weighted by Gasteiger charge is 2.07. The molecule has 0 aliphatic rings. The second-order valence-corrected chi connectivity index (χ2v) is 4.89. The molecule has 1 heterocycles. The Morgan fingerprint density at radius 2 is 2.05 bits per heavy atom. The van der Waals surface area contributed by atoms with Gasteiger partial charge < -0.3 is 4.90 Å². The standard InChI is InChI=1S/C18H20N2O/c1-4-5-6-7-13-20(3)18-10-8-9-17-15(18)11-12-16(19-17)14(2)21/h5-13H,4H2,1-3H3/b6-5+,13-7-. The summed E-state index contributed by atoms with van der Waals surface area (Å²) < 4.78 is 0. The third kappa shape index (κ3) is 3.57. The van der Waals surface area contributed by atoms with Gasteiger partial charge in [0.1, 0.15) is 5.69 Å². The summed E-state index contributed by atoms with van der Waals surface area (Å²) in [5.41, 5.74) is 2.41. The van der Waals surface area contributed by atoms with Crippen molar-refractivity contribution in [3.8, 4) is 0 Å². The first-order valence-electron chi connectivity index (χ1n) is 7.10. The highest BCUT2D eigenvalue weighted by molar-refractivity contribution is 5.98. The first-order chi connectivity index (χ1) is 10.1. The molecule has 1 aromatic carbocycles. The fourth-order valence-corrected chi connectivity index (χ4v) is 2.12. The van der Waals surface area contributed by atoms with Crippen LogP contribution in [0.4, 0.5) is 5.69 Å². The SMILES string of the molecule is CC/C=C/C=C\N(C)c1cccc2nc(C(C)=O)ccc12. The summed E-state index contributed by atoms with van der Waals surface area (Å²) in [5.74, 6) is -0.0137. The van der Waals surface area contributed by atoms with Crippen LogP contribution in [0.2, 0.25) is 0 Å². The number of ketones is 1. The third-order valence-electron chi connectivity index (χ3n) is 3.24. The molecule has 0 saturated carbocycles. The zero-order chi connectivity index (χ0) is 15.2. The van der Waals surface area contributed by atoms with Crippen molar-refractivity contribution in [3.05, 3.63) is 60.5 Å². The van der Waals surface area contributed by atoms with Crippen LogP contribution in [-0.2, 0) is 0 Å². The Kier molecular flexibility index (Phi) is 4.88. The van der Waals surface area contributed by atoms with Crippen LogP contribution in [0.1, 0.15) is 30.8 Å². The normalized spacial score (nSPS) is 11.6. The Hall–Kier alpha value is -2.42. The van der Waals surface area contributed by atoms with Gasteiger partial charge in [-0.05, 0) is 36.8 Å². The first-order valence-corrected chi connectivity index (χ1v) is 7.10. The van der Waals surface area contributed by atoms with Gasteiger partial charge in [-0.15, -0.1) is 0 Å². The number of benzene rings is 1. The van der Waals surface area contributed by atoms with E-state index in [1.54, 1.807) is 6.07 Å². The molecular weight excluding hydrogens is 260 g/mol. The van der Waals surface area contributed by atoms with E-state index in [9.17, 15) is 4.79 Å². The molecule has 0 fully saturated rings. The van der Waals surface area contributed by atoms with E-state index in [2.05, 4.69) is 22.9 Å². The summed E-state index contributed by atoms with van der Waals surface area (Å²) in [6.07, 6.45) is 9.20. The number of allylic oxidation sites excluding steroid dienone is 3. The smallest absolute Gasteiger partial charge is 0.178 e. The lowest BCUT2D eigenvalue weighted by Gasteiger charge is -2.16. The summed E-state index contributed by atoms with van der Waals surface area (Å²) in [6, 6.07) is 9.68. The number of rotatable bonds is 5. The van der Waals surface area contributed by atoms with E-state index >= 15 is 0 Å². The van der Waals surface area contributed by atoms with Gasteiger partial charge in [-0.25, -0.2) is 4.98 Å². The molecule has 0 saturated heterocycles. The molecule has 21 heavy (non-hydrogen) atoms. The van der Waals surface area contributed by atoms with Crippen LogP contribution in [-0.4, -0.2) is 17.8 Å². The Morgan fingerprint density at radius 3 is 2.76 bits per heavy atom. The van der Waals surface area contributed by atoms with E-state index < -0.39 is 0 Å². The predicted octanol–water partition coefficient (Wildman–Crippen LogP) is 4.35. The predicted molar refractivity (Wildman–Crippen MR) is 88.7 cm³/mol. The Balaban J connectivity index is 2.38. The van der Waals surface area contributed by atoms with Crippen molar-refractivity contribution in [2.45, 2.75) is 20.3 Å². The topological polar surface area (TPSA) is 33.2 Å². The van der Waals surface area contributed by atoms with Gasteiger partial charge in [0.15, 0.2) is 5.78 Å². The number of carbonyl (C=O) groups is 1. The van der Waals surface area contributed by atoms with Gasteiger partial charge >= 0.3 is 0 Å². The maximum atomic E-state index is 11.4. The van der Waals surface area contributed by atoms with Crippen molar-refractivity contribution in [1.29, 1.82) is 0 Å². The molecule has 0 spiro atoms. The fraction of sp³-hybridized carbons (Fsp3) is 0.222. The van der Waals surface area contributed by atoms with Gasteiger partial charge in [0.2, 0.25) is 0 Å². The highest BCUT2D eigenvalue weighted by Crippen LogP contribution is 2.25. The Morgan fingerprint density at radius 1 is 1.24 bits per heavy atom. The van der Waals surface area contributed by atoms with Crippen LogP contribution in [0.15, 0.2) is 54.8 Å². The van der Waals surface area contributed by atoms with Gasteiger partial charge in [-0.1, -0.05) is 25.1 Å². The Bertz CT molecular complexity index is 701. The molecule has 2 rings (SSSR count). The van der Waals surface area contributed by atoms with Crippen molar-refractivity contribution in [2.24, 2.45) is 0 Å². The minimum Gasteiger partial charge on any atom is -0.351 e. The van der Waals surface area contributed by atoms with Crippen molar-refractivity contribution in [2.75, 3.05) is 11.9 Å². The van der Waals surface area contributed by atoms with Crippen LogP contribution in [0.3, 0.4) is 0 Å². The molecule has 0 bridgehead atoms. The lowest BCUT2D eigenvalue weighted by atomic mass is 10.1. The monoisotopic (exact) mass is 280 g/mol. The summed E-state index contributed by atoms with van der Waals surface area (Å²) in [7, 11) is 2.00. The maximum absolute atomic E-state index is 11.4. The van der Waals surface area contributed by atoms with Gasteiger partial charge in [-0.3, -0.25) is 4.79 Å². The van der Waals surface area contributed by atoms with Crippen LogP contribution < -0.4 is 4.90 Å². The molecule has 0 unspecified atom stereocenters. The Labute approximate surface area is 125 Å². The number of aromatic nitrogens is 1. The molecule has 0 aliphatic heterocycles. The molecule has 0 radical (unpaired) electrons. The van der Waals surface area contributed by atoms with Crippen LogP contribution in [0.25, 0.3) is 10.9 Å². The van der Waals surface area contributed by atoms with Crippen LogP contribution in [0, 0.1) is 0 Å². The quantitative estimate of drug-likeness (QED) is 0.603. The van der Waals surface area contributed by atoms with Crippen molar-refractivity contribution < 1.29 is 4.79 Å². The average Bonchev–Trinajstić information content (AvgIpc) is 2.50. The second-order valence-electron chi connectivity index (χ2n) is 4.89. The van der Waals surface area contributed by atoms with E-state index in [0.717, 1.165) is 23.0 Å². The molecule has 0 aliphatic carbocycles. The van der Waals surface area contributed by atoms with E-state index in [-0.39, 0.29) is 5.78 Å². The number of nitrogens with zero attached hydrogens (tertiary/aromatic N) is 2. The van der Waals surface area contributed by atoms with Gasteiger partial charge in [-0.2, -0.15) is 0 Å². The lowest BCUT2D eigenvalue weighted by molar-refractivity contribution is 0.101. The van der Waals surface area contributed by atoms with Gasteiger partial charge in [0.05, 0.1) is 5.52 Å². The van der Waals surface area contributed by atoms with Crippen LogP contribution in [0.5, 0.6) is 0 Å². The molecule has 2 aromatic rings. The van der Waals surface area contributed by atoms with E-state index in [1.165, 1.54) is 6.92 Å². The molecule has 3 heteroatoms. The van der Waals surface area contributed by atoms with Crippen LogP contribution >= 0.6 is 0 Å². The summed E-state index contributed by atoms with van der Waals surface area (Å²) in [6.45, 7) is 3.64. The highest BCUT2D eigenvalue weighted by atomic mass is 16.1. The number of fused-ring (bicyclic) bond motifs is 1. The van der Waals surface area contributed by atoms with Gasteiger partial charge in [0.25, 0.3) is 0 Å². The number of hydrogen-bond acceptors (Lipinski definition) is 3.